The Morgan fingerprint density at radius 1 is 0.824 bits per heavy atom. The fourth-order valence-electron chi connectivity index (χ4n) is 1.29. The molecule has 17 heavy (non-hydrogen) atoms. The molecule has 0 saturated heterocycles. The summed E-state index contributed by atoms with van der Waals surface area (Å²) in [6, 6.07) is 12.4. The van der Waals surface area contributed by atoms with Crippen LogP contribution in [0.4, 0.5) is 0 Å². The molecular weight excluding hydrogens is 240 g/mol. The Morgan fingerprint density at radius 3 is 1.76 bits per heavy atom. The average Bonchev–Trinajstić information content (AvgIpc) is 2.33. The molecule has 2 rings (SSSR count). The normalized spacial score (nSPS) is 10.4. The summed E-state index contributed by atoms with van der Waals surface area (Å²) in [5.74, 6) is 1.27. The van der Waals surface area contributed by atoms with Crippen LogP contribution in [-0.2, 0) is 10.7 Å². The van der Waals surface area contributed by atoms with Gasteiger partial charge in [0.1, 0.15) is 17.2 Å². The summed E-state index contributed by atoms with van der Waals surface area (Å²) >= 11 is 0. The summed E-state index contributed by atoms with van der Waals surface area (Å²) in [5, 5.41) is 9.10. The van der Waals surface area contributed by atoms with E-state index in [1.165, 1.54) is 24.3 Å². The number of rotatable bonds is 3. The molecule has 0 atom stereocenters. The molecule has 0 saturated carbocycles. The highest BCUT2D eigenvalue weighted by atomic mass is 32.2. The van der Waals surface area contributed by atoms with Gasteiger partial charge in [-0.2, -0.15) is 0 Å². The highest BCUT2D eigenvalue weighted by Gasteiger charge is 1.99. The van der Waals surface area contributed by atoms with Crippen molar-refractivity contribution in [3.05, 3.63) is 48.5 Å². The summed E-state index contributed by atoms with van der Waals surface area (Å²) in [5.41, 5.74) is 0. The molecule has 0 unspecified atom stereocenters. The van der Waals surface area contributed by atoms with Crippen LogP contribution in [0.3, 0.4) is 0 Å². The summed E-state index contributed by atoms with van der Waals surface area (Å²) in [6.45, 7) is 0. The fraction of sp³-hybridized carbons (Fsp3) is 0. The van der Waals surface area contributed by atoms with Crippen LogP contribution in [-0.4, -0.2) is 13.5 Å². The second-order valence-electron chi connectivity index (χ2n) is 3.35. The van der Waals surface area contributed by atoms with Gasteiger partial charge in [-0.15, -0.1) is 0 Å². The third kappa shape index (κ3) is 2.98. The molecule has 88 valence electrons. The minimum Gasteiger partial charge on any atom is -0.508 e. The lowest BCUT2D eigenvalue weighted by atomic mass is 10.3. The van der Waals surface area contributed by atoms with Crippen molar-refractivity contribution in [3.8, 4) is 17.2 Å². The van der Waals surface area contributed by atoms with E-state index < -0.39 is 10.7 Å². The lowest BCUT2D eigenvalue weighted by molar-refractivity contribution is 0.464. The number of hydrogen-bond donors (Lipinski definition) is 2. The van der Waals surface area contributed by atoms with Gasteiger partial charge >= 0.3 is 0 Å². The van der Waals surface area contributed by atoms with E-state index in [9.17, 15) is 8.42 Å². The van der Waals surface area contributed by atoms with E-state index in [1.807, 2.05) is 0 Å². The second kappa shape index (κ2) is 4.88. The van der Waals surface area contributed by atoms with Crippen molar-refractivity contribution in [2.45, 2.75) is 4.90 Å². The molecule has 0 aliphatic heterocycles. The standard InChI is InChI=1S/C12H10O4S/c13-9-1-3-10(4-2-9)16-11-5-7-12(8-6-11)17(14)15/h1-8,13,17H. The molecule has 0 aromatic heterocycles. The number of phenolic OH excluding ortho intramolecular Hbond substituents is 1. The number of aromatic hydroxyl groups is 1. The quantitative estimate of drug-likeness (QED) is 0.819. The summed E-state index contributed by atoms with van der Waals surface area (Å²) in [4.78, 5) is 0.248. The smallest absolute Gasteiger partial charge is 0.168 e. The molecular formula is C12H10O4S. The van der Waals surface area contributed by atoms with E-state index in [0.29, 0.717) is 11.5 Å². The van der Waals surface area contributed by atoms with Crippen LogP contribution in [0.15, 0.2) is 53.4 Å². The van der Waals surface area contributed by atoms with E-state index in [-0.39, 0.29) is 10.6 Å². The van der Waals surface area contributed by atoms with Gasteiger partial charge in [-0.25, -0.2) is 8.42 Å². The number of thiol groups is 1. The van der Waals surface area contributed by atoms with Crippen molar-refractivity contribution in [2.24, 2.45) is 0 Å². The molecule has 0 aliphatic rings. The van der Waals surface area contributed by atoms with E-state index in [4.69, 9.17) is 9.84 Å². The van der Waals surface area contributed by atoms with Crippen molar-refractivity contribution < 1.29 is 18.3 Å². The predicted molar refractivity (Wildman–Crippen MR) is 63.2 cm³/mol. The topological polar surface area (TPSA) is 63.6 Å². The van der Waals surface area contributed by atoms with Crippen LogP contribution in [0.2, 0.25) is 0 Å². The fourth-order valence-corrected chi connectivity index (χ4v) is 1.68. The van der Waals surface area contributed by atoms with Gasteiger partial charge in [-0.3, -0.25) is 0 Å². The first kappa shape index (κ1) is 11.5. The summed E-state index contributed by atoms with van der Waals surface area (Å²) in [7, 11) is -2.56. The lowest BCUT2D eigenvalue weighted by Crippen LogP contribution is -1.85. The van der Waals surface area contributed by atoms with Crippen molar-refractivity contribution in [1.82, 2.24) is 0 Å². The van der Waals surface area contributed by atoms with Gasteiger partial charge < -0.3 is 9.84 Å². The molecule has 0 radical (unpaired) electrons. The van der Waals surface area contributed by atoms with Gasteiger partial charge in [0.05, 0.1) is 4.90 Å². The minimum absolute atomic E-state index is 0.163. The Hall–Kier alpha value is -2.01. The molecule has 5 heteroatoms. The Kier molecular flexibility index (Phi) is 3.30. The highest BCUT2D eigenvalue weighted by molar-refractivity contribution is 7.72. The molecule has 0 amide bonds. The van der Waals surface area contributed by atoms with Crippen LogP contribution >= 0.6 is 0 Å². The zero-order valence-electron chi connectivity index (χ0n) is 8.74. The van der Waals surface area contributed by atoms with Crippen molar-refractivity contribution >= 4 is 10.7 Å². The van der Waals surface area contributed by atoms with Gasteiger partial charge in [-0.05, 0) is 48.5 Å². The maximum atomic E-state index is 10.7. The first-order chi connectivity index (χ1) is 8.15. The number of benzene rings is 2. The maximum absolute atomic E-state index is 10.7. The molecule has 1 N–H and O–H groups in total. The largest absolute Gasteiger partial charge is 0.508 e. The van der Waals surface area contributed by atoms with Crippen LogP contribution in [0, 0.1) is 0 Å². The van der Waals surface area contributed by atoms with Crippen LogP contribution in [0.5, 0.6) is 17.2 Å². The van der Waals surface area contributed by atoms with Crippen molar-refractivity contribution in [3.63, 3.8) is 0 Å². The second-order valence-corrected chi connectivity index (χ2v) is 4.38. The molecule has 0 bridgehead atoms. The number of ether oxygens (including phenoxy) is 1. The van der Waals surface area contributed by atoms with Crippen LogP contribution < -0.4 is 4.74 Å². The molecule has 2 aromatic rings. The molecule has 4 nitrogen and oxygen atoms in total. The third-order valence-electron chi connectivity index (χ3n) is 2.12. The van der Waals surface area contributed by atoms with E-state index in [2.05, 4.69) is 0 Å². The predicted octanol–water partition coefficient (Wildman–Crippen LogP) is 2.15. The van der Waals surface area contributed by atoms with Crippen LogP contribution in [0.25, 0.3) is 0 Å². The molecule has 0 heterocycles. The zero-order chi connectivity index (χ0) is 12.3. The van der Waals surface area contributed by atoms with Crippen molar-refractivity contribution in [1.29, 1.82) is 0 Å². The van der Waals surface area contributed by atoms with Crippen molar-refractivity contribution in [2.75, 3.05) is 0 Å². The molecule has 0 spiro atoms. The van der Waals surface area contributed by atoms with Gasteiger partial charge in [0.25, 0.3) is 0 Å². The SMILES string of the molecule is O=[SH](=O)c1ccc(Oc2ccc(O)cc2)cc1. The number of phenols is 1. The number of hydrogen-bond acceptors (Lipinski definition) is 4. The van der Waals surface area contributed by atoms with E-state index in [1.54, 1.807) is 24.3 Å². The first-order valence-electron chi connectivity index (χ1n) is 4.86. The van der Waals surface area contributed by atoms with Gasteiger partial charge in [0.2, 0.25) is 0 Å². The highest BCUT2D eigenvalue weighted by Crippen LogP contribution is 2.23. The maximum Gasteiger partial charge on any atom is 0.168 e. The molecule has 2 aromatic carbocycles. The van der Waals surface area contributed by atoms with E-state index >= 15 is 0 Å². The van der Waals surface area contributed by atoms with Crippen LogP contribution in [0.1, 0.15) is 0 Å². The first-order valence-corrected chi connectivity index (χ1v) is 6.04. The molecule has 0 aliphatic carbocycles. The third-order valence-corrected chi connectivity index (χ3v) is 2.84. The Morgan fingerprint density at radius 2 is 1.29 bits per heavy atom. The summed E-state index contributed by atoms with van der Waals surface area (Å²) < 4.78 is 26.8. The van der Waals surface area contributed by atoms with Gasteiger partial charge in [-0.1, -0.05) is 0 Å². The zero-order valence-corrected chi connectivity index (χ0v) is 9.63. The van der Waals surface area contributed by atoms with Gasteiger partial charge in [0.15, 0.2) is 10.7 Å². The monoisotopic (exact) mass is 250 g/mol. The molecule has 0 fully saturated rings. The Balaban J connectivity index is 2.16. The summed E-state index contributed by atoms with van der Waals surface area (Å²) in [6.07, 6.45) is 0. The lowest BCUT2D eigenvalue weighted by Gasteiger charge is -2.05. The average molecular weight is 250 g/mol. The van der Waals surface area contributed by atoms with E-state index in [0.717, 1.165) is 0 Å². The Labute approximate surface area is 100 Å². The minimum atomic E-state index is -2.56. The Bertz CT molecular complexity index is 562. The van der Waals surface area contributed by atoms with Gasteiger partial charge in [0, 0.05) is 0 Å².